The van der Waals surface area contributed by atoms with Crippen LogP contribution < -0.4 is 0 Å². The summed E-state index contributed by atoms with van der Waals surface area (Å²) in [6.45, 7) is 2.44. The van der Waals surface area contributed by atoms with Gasteiger partial charge in [0, 0.05) is 11.2 Å². The number of esters is 1. The zero-order valence-electron chi connectivity index (χ0n) is 19.5. The fourth-order valence-corrected chi connectivity index (χ4v) is 4.32. The second-order valence-electron chi connectivity index (χ2n) is 8.24. The number of nitrogens with zero attached hydrogens (tertiary/aromatic N) is 5. The lowest BCUT2D eigenvalue weighted by Crippen LogP contribution is -2.53. The zero-order chi connectivity index (χ0) is 27.1. The fourth-order valence-electron chi connectivity index (χ4n) is 4.16. The van der Waals surface area contributed by atoms with Crippen molar-refractivity contribution in [2.45, 2.75) is 50.5 Å². The number of carbonyl (C=O) groups is 1. The van der Waals surface area contributed by atoms with Gasteiger partial charge in [0.1, 0.15) is 36.3 Å². The van der Waals surface area contributed by atoms with E-state index in [0.717, 1.165) is 27.6 Å². The van der Waals surface area contributed by atoms with E-state index in [2.05, 4.69) is 15.2 Å². The molecule has 0 amide bonds. The first-order valence-electron chi connectivity index (χ1n) is 11.1. The molecule has 5 atom stereocenters. The number of halogens is 4. The molecule has 1 fully saturated rings. The van der Waals surface area contributed by atoms with Crippen LogP contribution in [0.5, 0.6) is 0 Å². The minimum absolute atomic E-state index is 0.00298. The van der Waals surface area contributed by atoms with Gasteiger partial charge in [0.25, 0.3) is 0 Å². The highest BCUT2D eigenvalue weighted by molar-refractivity contribution is 6.30. The molecule has 1 aliphatic rings. The molecule has 3 N–H and O–H groups in total. The average Bonchev–Trinajstić information content (AvgIpc) is 3.46. The normalized spacial score (nSPS) is 24.3. The van der Waals surface area contributed by atoms with Gasteiger partial charge in [-0.2, -0.15) is 23.4 Å². The molecule has 3 heterocycles. The molecule has 200 valence electrons. The van der Waals surface area contributed by atoms with Crippen LogP contribution >= 0.6 is 11.6 Å². The van der Waals surface area contributed by atoms with Crippen molar-refractivity contribution in [2.24, 2.45) is 0 Å². The van der Waals surface area contributed by atoms with E-state index in [1.165, 1.54) is 19.2 Å². The van der Waals surface area contributed by atoms with Gasteiger partial charge >= 0.3 is 12.1 Å². The quantitative estimate of drug-likeness (QED) is 0.396. The summed E-state index contributed by atoms with van der Waals surface area (Å²) >= 11 is 5.98. The third kappa shape index (κ3) is 5.20. The van der Waals surface area contributed by atoms with Gasteiger partial charge in [0.05, 0.1) is 24.5 Å². The standard InChI is InChI=1S/C22H23ClF3N5O6/c1-3-36-21(35)13-6-7-30(29-13)16-17(33)15(9-32)37-19(18(16)34)20-27-10(2)28-31(20)14-8-11(23)4-5-12(14)22(24,25)26/h4-8,15-19,32-34H,3,9H2,1-2H3/t15-,16+,17+,18-,19-/m1/s1. The summed E-state index contributed by atoms with van der Waals surface area (Å²) in [5.74, 6) is -0.903. The van der Waals surface area contributed by atoms with Crippen LogP contribution in [0, 0.1) is 6.92 Å². The number of hydrogen-bond donors (Lipinski definition) is 3. The number of rotatable bonds is 6. The predicted octanol–water partition coefficient (Wildman–Crippen LogP) is 2.02. The Morgan fingerprint density at radius 1 is 1.22 bits per heavy atom. The Hall–Kier alpha value is -3.04. The van der Waals surface area contributed by atoms with Crippen LogP contribution in [-0.4, -0.2) is 77.4 Å². The van der Waals surface area contributed by atoms with Crippen molar-refractivity contribution in [1.82, 2.24) is 24.5 Å². The second kappa shape index (κ2) is 10.4. The molecule has 37 heavy (non-hydrogen) atoms. The predicted molar refractivity (Wildman–Crippen MR) is 120 cm³/mol. The maximum absolute atomic E-state index is 13.8. The van der Waals surface area contributed by atoms with Crippen LogP contribution in [-0.2, 0) is 15.7 Å². The first kappa shape index (κ1) is 27.0. The SMILES string of the molecule is CCOC(=O)c1ccn([C@H]2[C@@H](O)[C@@H](CO)O[C@@H](c3nc(C)nn3-c3cc(Cl)ccc3C(F)(F)F)[C@@H]2O)n1. The van der Waals surface area contributed by atoms with E-state index in [1.54, 1.807) is 6.92 Å². The number of aliphatic hydroxyl groups excluding tert-OH is 3. The molecule has 0 unspecified atom stereocenters. The van der Waals surface area contributed by atoms with Gasteiger partial charge in [-0.25, -0.2) is 14.5 Å². The number of aryl methyl sites for hydroxylation is 1. The molecule has 0 spiro atoms. The number of ether oxygens (including phenoxy) is 2. The van der Waals surface area contributed by atoms with Crippen LogP contribution in [0.25, 0.3) is 5.69 Å². The summed E-state index contributed by atoms with van der Waals surface area (Å²) in [4.78, 5) is 16.2. The summed E-state index contributed by atoms with van der Waals surface area (Å²) in [6, 6.07) is 2.94. The average molecular weight is 546 g/mol. The first-order valence-corrected chi connectivity index (χ1v) is 11.5. The van der Waals surface area contributed by atoms with Gasteiger partial charge in [0.15, 0.2) is 11.5 Å². The Kier molecular flexibility index (Phi) is 7.57. The van der Waals surface area contributed by atoms with Crippen molar-refractivity contribution in [3.05, 3.63) is 58.4 Å². The van der Waals surface area contributed by atoms with Crippen molar-refractivity contribution < 1.29 is 42.8 Å². The molecule has 4 rings (SSSR count). The monoisotopic (exact) mass is 545 g/mol. The van der Waals surface area contributed by atoms with Gasteiger partial charge in [-0.15, -0.1) is 0 Å². The lowest BCUT2D eigenvalue weighted by atomic mass is 9.92. The van der Waals surface area contributed by atoms with E-state index in [0.29, 0.717) is 0 Å². The highest BCUT2D eigenvalue weighted by atomic mass is 35.5. The van der Waals surface area contributed by atoms with Gasteiger partial charge < -0.3 is 24.8 Å². The molecule has 0 saturated carbocycles. The van der Waals surface area contributed by atoms with Gasteiger partial charge in [-0.1, -0.05) is 11.6 Å². The second-order valence-corrected chi connectivity index (χ2v) is 8.68. The Balaban J connectivity index is 1.80. The molecule has 0 radical (unpaired) electrons. The Morgan fingerprint density at radius 3 is 2.59 bits per heavy atom. The van der Waals surface area contributed by atoms with Gasteiger partial charge in [-0.05, 0) is 38.1 Å². The lowest BCUT2D eigenvalue weighted by molar-refractivity contribution is -0.210. The number of benzene rings is 1. The zero-order valence-corrected chi connectivity index (χ0v) is 20.3. The van der Waals surface area contributed by atoms with E-state index < -0.39 is 60.5 Å². The van der Waals surface area contributed by atoms with E-state index in [4.69, 9.17) is 21.1 Å². The molecule has 1 aliphatic heterocycles. The van der Waals surface area contributed by atoms with Crippen LogP contribution in [0.4, 0.5) is 13.2 Å². The van der Waals surface area contributed by atoms with E-state index >= 15 is 0 Å². The summed E-state index contributed by atoms with van der Waals surface area (Å²) in [5.41, 5.74) is -1.62. The maximum Gasteiger partial charge on any atom is 0.418 e. The Labute approximate surface area is 213 Å². The fraction of sp³-hybridized carbons (Fsp3) is 0.455. The molecule has 0 aliphatic carbocycles. The highest BCUT2D eigenvalue weighted by Gasteiger charge is 2.48. The minimum Gasteiger partial charge on any atom is -0.461 e. The molecular formula is C22H23ClF3N5O6. The number of carbonyl (C=O) groups excluding carboxylic acids is 1. The number of hydrogen-bond acceptors (Lipinski definition) is 9. The molecule has 1 saturated heterocycles. The topological polar surface area (TPSA) is 145 Å². The lowest BCUT2D eigenvalue weighted by Gasteiger charge is -2.42. The smallest absolute Gasteiger partial charge is 0.418 e. The van der Waals surface area contributed by atoms with Crippen molar-refractivity contribution in [2.75, 3.05) is 13.2 Å². The third-order valence-corrected chi connectivity index (χ3v) is 6.01. The molecule has 1 aromatic carbocycles. The molecule has 15 heteroatoms. The summed E-state index contributed by atoms with van der Waals surface area (Å²) < 4.78 is 54.0. The van der Waals surface area contributed by atoms with Gasteiger partial charge in [-0.3, -0.25) is 4.68 Å². The van der Waals surface area contributed by atoms with Crippen LogP contribution in [0.3, 0.4) is 0 Å². The van der Waals surface area contributed by atoms with Crippen molar-refractivity contribution in [3.8, 4) is 5.69 Å². The van der Waals surface area contributed by atoms with Gasteiger partial charge in [0.2, 0.25) is 0 Å². The summed E-state index contributed by atoms with van der Waals surface area (Å²) in [6.07, 6.45) is -9.38. The van der Waals surface area contributed by atoms with Crippen LogP contribution in [0.15, 0.2) is 30.5 Å². The molecular weight excluding hydrogens is 523 g/mol. The summed E-state index contributed by atoms with van der Waals surface area (Å²) in [7, 11) is 0. The minimum atomic E-state index is -4.77. The molecule has 3 aromatic rings. The highest BCUT2D eigenvalue weighted by Crippen LogP contribution is 2.40. The third-order valence-electron chi connectivity index (χ3n) is 5.78. The van der Waals surface area contributed by atoms with Crippen LogP contribution in [0.1, 0.15) is 46.8 Å². The number of aromatic nitrogens is 5. The Morgan fingerprint density at radius 2 is 1.95 bits per heavy atom. The van der Waals surface area contributed by atoms with E-state index in [-0.39, 0.29) is 29.0 Å². The molecule has 2 aromatic heterocycles. The number of aliphatic hydroxyl groups is 3. The van der Waals surface area contributed by atoms with Crippen molar-refractivity contribution >= 4 is 17.6 Å². The Bertz CT molecular complexity index is 1280. The molecule has 11 nitrogen and oxygen atoms in total. The van der Waals surface area contributed by atoms with E-state index in [1.807, 2.05) is 0 Å². The maximum atomic E-state index is 13.8. The summed E-state index contributed by atoms with van der Waals surface area (Å²) in [5, 5.41) is 40.1. The van der Waals surface area contributed by atoms with Crippen molar-refractivity contribution in [3.63, 3.8) is 0 Å². The number of alkyl halides is 3. The molecule has 0 bridgehead atoms. The van der Waals surface area contributed by atoms with E-state index in [9.17, 15) is 33.3 Å². The largest absolute Gasteiger partial charge is 0.461 e. The first-order chi connectivity index (χ1) is 17.5. The van der Waals surface area contributed by atoms with Crippen molar-refractivity contribution in [1.29, 1.82) is 0 Å². The van der Waals surface area contributed by atoms with Crippen LogP contribution in [0.2, 0.25) is 5.02 Å².